The molecule has 1 N–H and O–H groups in total. The Bertz CT molecular complexity index is 2320. The second kappa shape index (κ2) is 12.1. The molecule has 0 amide bonds. The van der Waals surface area contributed by atoms with E-state index in [4.69, 9.17) is 0 Å². The Morgan fingerprint density at radius 3 is 2.14 bits per heavy atom. The smallest absolute Gasteiger partial charge is 0.0570 e. The predicted octanol–water partition coefficient (Wildman–Crippen LogP) is 12.4. The highest BCUT2D eigenvalue weighted by molar-refractivity contribution is 7.19. The molecule has 1 aromatic heterocycles. The maximum atomic E-state index is 3.58. The van der Waals surface area contributed by atoms with E-state index >= 15 is 0 Å². The van der Waals surface area contributed by atoms with Gasteiger partial charge in [0.05, 0.1) is 5.41 Å². The standard InChI is InChI=1S/C46H36N2S/c1-32(47-34-15-5-2-6-16-34)25-26-33-31-46(45-44(33)40-22-12-14-24-43(40)49-45)41-23-13-11-21-38(41)39-29-27-37(28-30-42(39)46)48(35-17-7-3-8-18-35)36-19-9-4-10-20-36/h2-29,47H,30-31H2,1H3/b32-25+,33-26+. The van der Waals surface area contributed by atoms with Gasteiger partial charge in [0.15, 0.2) is 0 Å². The molecule has 1 unspecified atom stereocenters. The molecule has 236 valence electrons. The second-order valence-corrected chi connectivity index (χ2v) is 14.1. The van der Waals surface area contributed by atoms with Crippen LogP contribution in [0.15, 0.2) is 187 Å². The lowest BCUT2D eigenvalue weighted by atomic mass is 9.74. The first-order valence-electron chi connectivity index (χ1n) is 17.0. The number of rotatable bonds is 6. The minimum absolute atomic E-state index is 0.216. The number of allylic oxidation sites excluding steroid dienone is 9. The third-order valence-electron chi connectivity index (χ3n) is 10.2. The van der Waals surface area contributed by atoms with Crippen LogP contribution in [0, 0.1) is 0 Å². The number of hydrogen-bond acceptors (Lipinski definition) is 3. The van der Waals surface area contributed by atoms with E-state index in [1.165, 1.54) is 54.1 Å². The molecule has 1 heterocycles. The minimum atomic E-state index is -0.216. The molecular formula is C46H36N2S. The van der Waals surface area contributed by atoms with Crippen LogP contribution in [0.4, 0.5) is 17.1 Å². The zero-order valence-electron chi connectivity index (χ0n) is 27.4. The summed E-state index contributed by atoms with van der Waals surface area (Å²) in [5, 5.41) is 4.94. The molecule has 6 aromatic rings. The van der Waals surface area contributed by atoms with Gasteiger partial charge in [0.2, 0.25) is 0 Å². The average Bonchev–Trinajstić information content (AvgIpc) is 3.71. The van der Waals surface area contributed by atoms with Gasteiger partial charge in [-0.2, -0.15) is 0 Å². The van der Waals surface area contributed by atoms with Crippen molar-refractivity contribution in [2.75, 3.05) is 10.2 Å². The molecule has 3 aliphatic rings. The molecule has 0 radical (unpaired) electrons. The van der Waals surface area contributed by atoms with Crippen LogP contribution in [0.25, 0.3) is 21.2 Å². The van der Waals surface area contributed by atoms with Crippen molar-refractivity contribution in [2.45, 2.75) is 25.2 Å². The summed E-state index contributed by atoms with van der Waals surface area (Å²) >= 11 is 1.98. The number of hydrogen-bond donors (Lipinski definition) is 1. The van der Waals surface area contributed by atoms with E-state index in [0.717, 1.165) is 35.6 Å². The molecule has 1 atom stereocenters. The van der Waals surface area contributed by atoms with Gasteiger partial charge in [0, 0.05) is 49.0 Å². The van der Waals surface area contributed by atoms with E-state index < -0.39 is 0 Å². The highest BCUT2D eigenvalue weighted by Gasteiger charge is 2.52. The second-order valence-electron chi connectivity index (χ2n) is 13.0. The van der Waals surface area contributed by atoms with Crippen LogP contribution in [-0.4, -0.2) is 0 Å². The van der Waals surface area contributed by atoms with Crippen molar-refractivity contribution in [3.05, 3.63) is 208 Å². The number of nitrogens with zero attached hydrogens (tertiary/aromatic N) is 1. The van der Waals surface area contributed by atoms with Crippen LogP contribution >= 0.6 is 11.3 Å². The van der Waals surface area contributed by atoms with Crippen molar-refractivity contribution in [3.8, 4) is 0 Å². The first-order chi connectivity index (χ1) is 24.2. The lowest BCUT2D eigenvalue weighted by Gasteiger charge is -2.30. The highest BCUT2D eigenvalue weighted by Crippen LogP contribution is 2.64. The van der Waals surface area contributed by atoms with Crippen molar-refractivity contribution in [3.63, 3.8) is 0 Å². The Labute approximate surface area is 292 Å². The molecule has 0 saturated heterocycles. The first-order valence-corrected chi connectivity index (χ1v) is 17.9. The Kier molecular flexibility index (Phi) is 7.29. The van der Waals surface area contributed by atoms with Gasteiger partial charge in [-0.15, -0.1) is 11.3 Å². The Balaban J connectivity index is 1.19. The summed E-state index contributed by atoms with van der Waals surface area (Å²) in [7, 11) is 0. The monoisotopic (exact) mass is 648 g/mol. The van der Waals surface area contributed by atoms with Gasteiger partial charge in [0.1, 0.15) is 0 Å². The molecule has 0 fully saturated rings. The number of thiophene rings is 1. The van der Waals surface area contributed by atoms with Gasteiger partial charge in [-0.25, -0.2) is 0 Å². The Hall–Kier alpha value is -5.64. The van der Waals surface area contributed by atoms with Crippen molar-refractivity contribution >= 4 is 49.6 Å². The summed E-state index contributed by atoms with van der Waals surface area (Å²) in [5.74, 6) is 0. The summed E-state index contributed by atoms with van der Waals surface area (Å²) in [4.78, 5) is 3.86. The van der Waals surface area contributed by atoms with Gasteiger partial charge in [-0.3, -0.25) is 0 Å². The molecule has 1 spiro atoms. The van der Waals surface area contributed by atoms with Gasteiger partial charge in [0.25, 0.3) is 0 Å². The molecule has 3 heteroatoms. The van der Waals surface area contributed by atoms with Crippen LogP contribution in [0.3, 0.4) is 0 Å². The summed E-state index contributed by atoms with van der Waals surface area (Å²) in [6.07, 6.45) is 13.6. The fraction of sp³-hybridized carbons (Fsp3) is 0.0870. The lowest BCUT2D eigenvalue weighted by molar-refractivity contribution is 0.658. The van der Waals surface area contributed by atoms with Crippen LogP contribution in [0.2, 0.25) is 0 Å². The zero-order valence-corrected chi connectivity index (χ0v) is 28.3. The summed E-state index contributed by atoms with van der Waals surface area (Å²) < 4.78 is 1.35. The van der Waals surface area contributed by atoms with Crippen LogP contribution in [0.5, 0.6) is 0 Å². The zero-order chi connectivity index (χ0) is 32.8. The third kappa shape index (κ3) is 4.93. The summed E-state index contributed by atoms with van der Waals surface area (Å²) in [6, 6.07) is 50.0. The first kappa shape index (κ1) is 29.5. The maximum absolute atomic E-state index is 3.58. The number of benzene rings is 5. The van der Waals surface area contributed by atoms with Gasteiger partial charge >= 0.3 is 0 Å². The molecule has 0 bridgehead atoms. The maximum Gasteiger partial charge on any atom is 0.0570 e. The average molecular weight is 649 g/mol. The van der Waals surface area contributed by atoms with E-state index in [1.54, 1.807) is 0 Å². The van der Waals surface area contributed by atoms with Crippen molar-refractivity contribution in [2.24, 2.45) is 0 Å². The topological polar surface area (TPSA) is 15.3 Å². The SMILES string of the molecule is C/C(=C\C=C1/CC2(C3=C(C=CC(N(c4ccccc4)c4ccccc4)=CC3)c3ccccc32)c2sc3ccccc3c21)Nc1ccccc1. The Morgan fingerprint density at radius 1 is 0.735 bits per heavy atom. The molecule has 49 heavy (non-hydrogen) atoms. The molecule has 5 aromatic carbocycles. The van der Waals surface area contributed by atoms with E-state index in [9.17, 15) is 0 Å². The number of anilines is 3. The minimum Gasteiger partial charge on any atom is -0.359 e. The van der Waals surface area contributed by atoms with E-state index in [-0.39, 0.29) is 5.41 Å². The van der Waals surface area contributed by atoms with Gasteiger partial charge in [-0.05, 0) is 102 Å². The Morgan fingerprint density at radius 2 is 1.39 bits per heavy atom. The predicted molar refractivity (Wildman–Crippen MR) is 209 cm³/mol. The van der Waals surface area contributed by atoms with Gasteiger partial charge < -0.3 is 10.2 Å². The third-order valence-corrected chi connectivity index (χ3v) is 11.5. The molecule has 3 aliphatic carbocycles. The molecule has 9 rings (SSSR count). The van der Waals surface area contributed by atoms with E-state index in [0.29, 0.717) is 0 Å². The lowest BCUT2D eigenvalue weighted by Crippen LogP contribution is -2.24. The van der Waals surface area contributed by atoms with Crippen molar-refractivity contribution in [1.82, 2.24) is 0 Å². The van der Waals surface area contributed by atoms with Crippen LogP contribution in [0.1, 0.15) is 41.3 Å². The summed E-state index contributed by atoms with van der Waals surface area (Å²) in [5.41, 5.74) is 14.0. The van der Waals surface area contributed by atoms with Crippen molar-refractivity contribution < 1.29 is 0 Å². The van der Waals surface area contributed by atoms with Crippen LogP contribution < -0.4 is 10.2 Å². The quantitative estimate of drug-likeness (QED) is 0.193. The fourth-order valence-electron chi connectivity index (χ4n) is 8.07. The molecule has 0 aliphatic heterocycles. The number of fused-ring (bicyclic) bond motifs is 8. The normalized spacial score (nSPS) is 18.8. The molecule has 0 saturated carbocycles. The van der Waals surface area contributed by atoms with E-state index in [2.05, 4.69) is 187 Å². The number of nitrogens with one attached hydrogen (secondary N) is 1. The van der Waals surface area contributed by atoms with Gasteiger partial charge in [-0.1, -0.05) is 115 Å². The largest absolute Gasteiger partial charge is 0.359 e. The van der Waals surface area contributed by atoms with Crippen LogP contribution in [-0.2, 0) is 5.41 Å². The molecular weight excluding hydrogens is 613 g/mol. The molecule has 2 nitrogen and oxygen atoms in total. The number of para-hydroxylation sites is 3. The van der Waals surface area contributed by atoms with E-state index in [1.807, 2.05) is 11.3 Å². The fourth-order valence-corrected chi connectivity index (χ4v) is 9.54. The van der Waals surface area contributed by atoms with Crippen molar-refractivity contribution in [1.29, 1.82) is 0 Å². The summed E-state index contributed by atoms with van der Waals surface area (Å²) in [6.45, 7) is 2.15. The highest BCUT2D eigenvalue weighted by atomic mass is 32.1.